The van der Waals surface area contributed by atoms with Gasteiger partial charge in [0.15, 0.2) is 0 Å². The Bertz CT molecular complexity index is 462. The lowest BCUT2D eigenvalue weighted by Gasteiger charge is -2.07. The van der Waals surface area contributed by atoms with Crippen molar-refractivity contribution in [3.8, 4) is 0 Å². The largest absolute Gasteiger partial charge is 0.383 e. The fourth-order valence-electron chi connectivity index (χ4n) is 1.19. The average molecular weight is 266 g/mol. The molecule has 0 saturated heterocycles. The van der Waals surface area contributed by atoms with Gasteiger partial charge in [0.25, 0.3) is 0 Å². The van der Waals surface area contributed by atoms with E-state index < -0.39 is 15.7 Å². The first-order valence-electron chi connectivity index (χ1n) is 4.75. The second kappa shape index (κ2) is 5.50. The number of anilines is 1. The van der Waals surface area contributed by atoms with Crippen LogP contribution < -0.4 is 5.32 Å². The number of rotatable bonds is 5. The van der Waals surface area contributed by atoms with Crippen LogP contribution in [0, 0.1) is 5.82 Å². The molecule has 1 aromatic rings. The molecule has 0 saturated carbocycles. The summed E-state index contributed by atoms with van der Waals surface area (Å²) in [5.41, 5.74) is 0.331. The summed E-state index contributed by atoms with van der Waals surface area (Å²) in [6.07, 6.45) is 1.62. The summed E-state index contributed by atoms with van der Waals surface area (Å²) in [6.45, 7) is 0.408. The predicted molar refractivity (Wildman–Crippen MR) is 64.2 cm³/mol. The van der Waals surface area contributed by atoms with Gasteiger partial charge in [-0.25, -0.2) is 12.8 Å². The van der Waals surface area contributed by atoms with Crippen LogP contribution >= 0.6 is 11.6 Å². The molecule has 0 aliphatic rings. The summed E-state index contributed by atoms with van der Waals surface area (Å²) < 4.78 is 34.9. The van der Waals surface area contributed by atoms with Crippen molar-refractivity contribution in [2.75, 3.05) is 23.9 Å². The van der Waals surface area contributed by atoms with Crippen molar-refractivity contribution in [1.82, 2.24) is 0 Å². The summed E-state index contributed by atoms with van der Waals surface area (Å²) in [4.78, 5) is 0. The van der Waals surface area contributed by atoms with E-state index in [2.05, 4.69) is 5.32 Å². The summed E-state index contributed by atoms with van der Waals surface area (Å²) in [6, 6.07) is 4.31. The number of benzene rings is 1. The molecular weight excluding hydrogens is 253 g/mol. The molecule has 3 nitrogen and oxygen atoms in total. The van der Waals surface area contributed by atoms with E-state index in [0.717, 1.165) is 0 Å². The van der Waals surface area contributed by atoms with Crippen LogP contribution in [0.3, 0.4) is 0 Å². The molecule has 0 bridgehead atoms. The molecule has 0 spiro atoms. The highest BCUT2D eigenvalue weighted by atomic mass is 35.5. The van der Waals surface area contributed by atoms with Gasteiger partial charge in [-0.1, -0.05) is 11.6 Å². The maximum Gasteiger partial charge on any atom is 0.147 e. The molecule has 1 rings (SSSR count). The van der Waals surface area contributed by atoms with Gasteiger partial charge < -0.3 is 5.32 Å². The quantitative estimate of drug-likeness (QED) is 0.831. The molecule has 0 aliphatic carbocycles. The minimum atomic E-state index is -2.95. The molecule has 1 N–H and O–H groups in total. The first-order chi connectivity index (χ1) is 7.38. The van der Waals surface area contributed by atoms with E-state index in [1.807, 2.05) is 0 Å². The van der Waals surface area contributed by atoms with Gasteiger partial charge in [-0.15, -0.1) is 0 Å². The van der Waals surface area contributed by atoms with Gasteiger partial charge in [0.05, 0.1) is 11.4 Å². The van der Waals surface area contributed by atoms with E-state index in [-0.39, 0.29) is 5.75 Å². The van der Waals surface area contributed by atoms with Crippen LogP contribution in [0.1, 0.15) is 6.42 Å². The normalized spacial score (nSPS) is 11.4. The van der Waals surface area contributed by atoms with E-state index >= 15 is 0 Å². The number of sulfone groups is 1. The molecule has 0 atom stereocenters. The van der Waals surface area contributed by atoms with Gasteiger partial charge in [0, 0.05) is 17.8 Å². The van der Waals surface area contributed by atoms with Crippen LogP contribution in [0.5, 0.6) is 0 Å². The van der Waals surface area contributed by atoms with Crippen molar-refractivity contribution in [3.05, 3.63) is 29.0 Å². The highest BCUT2D eigenvalue weighted by molar-refractivity contribution is 7.90. The van der Waals surface area contributed by atoms with Crippen LogP contribution in [0.25, 0.3) is 0 Å². The topological polar surface area (TPSA) is 46.2 Å². The third-order valence-electron chi connectivity index (χ3n) is 1.94. The van der Waals surface area contributed by atoms with Crippen LogP contribution in [0.2, 0.25) is 5.02 Å². The van der Waals surface area contributed by atoms with E-state index in [0.29, 0.717) is 23.7 Å². The van der Waals surface area contributed by atoms with E-state index in [1.165, 1.54) is 18.4 Å². The van der Waals surface area contributed by atoms with Gasteiger partial charge in [0.2, 0.25) is 0 Å². The van der Waals surface area contributed by atoms with Crippen LogP contribution in [-0.4, -0.2) is 27.0 Å². The molecule has 0 unspecified atom stereocenters. The standard InChI is InChI=1S/C10H13ClFNO2S/c1-16(14,15)6-2-5-13-10-4-3-8(11)7-9(10)12/h3-4,7,13H,2,5-6H2,1H3. The zero-order valence-electron chi connectivity index (χ0n) is 8.83. The van der Waals surface area contributed by atoms with Crippen molar-refractivity contribution >= 4 is 27.1 Å². The molecule has 0 fully saturated rings. The Morgan fingerprint density at radius 3 is 2.69 bits per heavy atom. The van der Waals surface area contributed by atoms with Gasteiger partial charge in [-0.3, -0.25) is 0 Å². The van der Waals surface area contributed by atoms with Crippen molar-refractivity contribution in [2.45, 2.75) is 6.42 Å². The smallest absolute Gasteiger partial charge is 0.147 e. The Kier molecular flexibility index (Phi) is 4.56. The molecule has 16 heavy (non-hydrogen) atoms. The maximum atomic E-state index is 13.2. The third-order valence-corrected chi connectivity index (χ3v) is 3.20. The Morgan fingerprint density at radius 1 is 1.44 bits per heavy atom. The summed E-state index contributed by atoms with van der Waals surface area (Å²) >= 11 is 5.59. The van der Waals surface area contributed by atoms with Crippen LogP contribution in [-0.2, 0) is 9.84 Å². The molecule has 6 heteroatoms. The van der Waals surface area contributed by atoms with Gasteiger partial charge in [0.1, 0.15) is 15.7 Å². The first-order valence-corrected chi connectivity index (χ1v) is 7.19. The maximum absolute atomic E-state index is 13.2. The minimum Gasteiger partial charge on any atom is -0.383 e. The number of halogens is 2. The molecule has 90 valence electrons. The van der Waals surface area contributed by atoms with Gasteiger partial charge in [-0.2, -0.15) is 0 Å². The summed E-state index contributed by atoms with van der Waals surface area (Å²) in [7, 11) is -2.95. The highest BCUT2D eigenvalue weighted by Crippen LogP contribution is 2.18. The van der Waals surface area contributed by atoms with Crippen molar-refractivity contribution in [1.29, 1.82) is 0 Å². The molecular formula is C10H13ClFNO2S. The summed E-state index contributed by atoms with van der Waals surface area (Å²) in [5, 5.41) is 3.15. The van der Waals surface area contributed by atoms with Crippen molar-refractivity contribution < 1.29 is 12.8 Å². The fraction of sp³-hybridized carbons (Fsp3) is 0.400. The van der Waals surface area contributed by atoms with Gasteiger partial charge >= 0.3 is 0 Å². The minimum absolute atomic E-state index is 0.0925. The van der Waals surface area contributed by atoms with E-state index in [1.54, 1.807) is 6.07 Å². The molecule has 0 amide bonds. The van der Waals surface area contributed by atoms with Crippen molar-refractivity contribution in [3.63, 3.8) is 0 Å². The zero-order chi connectivity index (χ0) is 12.2. The second-order valence-corrected chi connectivity index (χ2v) is 6.23. The van der Waals surface area contributed by atoms with Crippen LogP contribution in [0.15, 0.2) is 18.2 Å². The zero-order valence-corrected chi connectivity index (χ0v) is 10.4. The lowest BCUT2D eigenvalue weighted by Crippen LogP contribution is -2.10. The number of hydrogen-bond acceptors (Lipinski definition) is 3. The number of nitrogens with one attached hydrogen (secondary N) is 1. The molecule has 0 aromatic heterocycles. The molecule has 0 heterocycles. The summed E-state index contributed by atoms with van der Waals surface area (Å²) in [5.74, 6) is -0.346. The predicted octanol–water partition coefficient (Wildman–Crippen LogP) is 2.33. The van der Waals surface area contributed by atoms with Gasteiger partial charge in [-0.05, 0) is 24.6 Å². The second-order valence-electron chi connectivity index (χ2n) is 3.53. The number of hydrogen-bond donors (Lipinski definition) is 1. The highest BCUT2D eigenvalue weighted by Gasteiger charge is 2.04. The Morgan fingerprint density at radius 2 is 2.12 bits per heavy atom. The monoisotopic (exact) mass is 265 g/mol. The first kappa shape index (κ1) is 13.3. The SMILES string of the molecule is CS(=O)(=O)CCCNc1ccc(Cl)cc1F. The third kappa shape index (κ3) is 4.81. The molecule has 1 aromatic carbocycles. The van der Waals surface area contributed by atoms with E-state index in [4.69, 9.17) is 11.6 Å². The lowest BCUT2D eigenvalue weighted by molar-refractivity contribution is 0.600. The van der Waals surface area contributed by atoms with Crippen LogP contribution in [0.4, 0.5) is 10.1 Å². The average Bonchev–Trinajstić information content (AvgIpc) is 2.13. The Balaban J connectivity index is 2.43. The van der Waals surface area contributed by atoms with E-state index in [9.17, 15) is 12.8 Å². The van der Waals surface area contributed by atoms with Crippen molar-refractivity contribution in [2.24, 2.45) is 0 Å². The lowest BCUT2D eigenvalue weighted by atomic mass is 10.3. The Hall–Kier alpha value is -0.810. The molecule has 0 aliphatic heterocycles. The molecule has 0 radical (unpaired) electrons. The Labute approximate surface area is 99.5 Å². The fourth-order valence-corrected chi connectivity index (χ4v) is 2.02.